The molecule has 2 rings (SSSR count). The fraction of sp³-hybridized carbons (Fsp3) is 0.167. The maximum atomic E-state index is 8.88. The van der Waals surface area contributed by atoms with Gasteiger partial charge in [-0.3, -0.25) is 0 Å². The van der Waals surface area contributed by atoms with Crippen LogP contribution in [0.5, 0.6) is 10.8 Å². The van der Waals surface area contributed by atoms with Crippen LogP contribution in [0.2, 0.25) is 0 Å². The number of aliphatic hydroxyl groups is 1. The fourth-order valence-corrected chi connectivity index (χ4v) is 2.01. The van der Waals surface area contributed by atoms with Crippen molar-refractivity contribution in [2.24, 2.45) is 0 Å². The third kappa shape index (κ3) is 2.58. The molecule has 0 aliphatic carbocycles. The maximum absolute atomic E-state index is 8.88. The lowest BCUT2D eigenvalue weighted by molar-refractivity contribution is 0.281. The molecule has 0 atom stereocenters. The highest BCUT2D eigenvalue weighted by Crippen LogP contribution is 2.28. The summed E-state index contributed by atoms with van der Waals surface area (Å²) in [6.07, 6.45) is 0. The van der Waals surface area contributed by atoms with Crippen LogP contribution in [0.25, 0.3) is 0 Å². The number of rotatable bonds is 3. The number of aryl methyl sites for hydroxylation is 1. The molecule has 0 aliphatic rings. The van der Waals surface area contributed by atoms with Gasteiger partial charge in [-0.05, 0) is 41.6 Å². The molecule has 1 N–H and O–H groups in total. The predicted molar refractivity (Wildman–Crippen MR) is 61.5 cm³/mol. The van der Waals surface area contributed by atoms with Gasteiger partial charge in [-0.1, -0.05) is 12.1 Å². The summed E-state index contributed by atoms with van der Waals surface area (Å²) in [5, 5.41) is 11.8. The van der Waals surface area contributed by atoms with Crippen LogP contribution < -0.4 is 4.74 Å². The summed E-state index contributed by atoms with van der Waals surface area (Å²) in [5.41, 5.74) is 2.10. The highest BCUT2D eigenvalue weighted by Gasteiger charge is 1.99. The second-order valence-electron chi connectivity index (χ2n) is 3.35. The number of benzene rings is 1. The van der Waals surface area contributed by atoms with Crippen molar-refractivity contribution in [3.05, 3.63) is 46.8 Å². The van der Waals surface area contributed by atoms with Crippen molar-refractivity contribution in [2.45, 2.75) is 13.5 Å². The smallest absolute Gasteiger partial charge is 0.181 e. The van der Waals surface area contributed by atoms with Crippen molar-refractivity contribution < 1.29 is 9.84 Å². The molecule has 0 spiro atoms. The standard InChI is InChI=1S/C12H12O2S/c1-9-6-12(15-8-9)14-11-4-2-10(7-13)3-5-11/h2-6,8,13H,7H2,1H3. The van der Waals surface area contributed by atoms with Crippen LogP contribution in [-0.4, -0.2) is 5.11 Å². The van der Waals surface area contributed by atoms with E-state index in [0.29, 0.717) is 0 Å². The van der Waals surface area contributed by atoms with Crippen molar-refractivity contribution >= 4 is 11.3 Å². The first kappa shape index (κ1) is 10.2. The van der Waals surface area contributed by atoms with E-state index in [9.17, 15) is 0 Å². The van der Waals surface area contributed by atoms with Gasteiger partial charge in [-0.15, -0.1) is 11.3 Å². The molecule has 0 amide bonds. The van der Waals surface area contributed by atoms with Gasteiger partial charge in [0, 0.05) is 0 Å². The number of thiophene rings is 1. The van der Waals surface area contributed by atoms with Crippen LogP contribution in [0.3, 0.4) is 0 Å². The van der Waals surface area contributed by atoms with Gasteiger partial charge in [0.1, 0.15) is 5.75 Å². The number of hydrogen-bond donors (Lipinski definition) is 1. The minimum Gasteiger partial charge on any atom is -0.447 e. The molecular weight excluding hydrogens is 208 g/mol. The second-order valence-corrected chi connectivity index (χ2v) is 4.22. The minimum atomic E-state index is 0.0678. The van der Waals surface area contributed by atoms with E-state index >= 15 is 0 Å². The molecular formula is C12H12O2S. The average Bonchev–Trinajstić information content (AvgIpc) is 2.65. The van der Waals surface area contributed by atoms with Crippen LogP contribution >= 0.6 is 11.3 Å². The van der Waals surface area contributed by atoms with E-state index in [1.54, 1.807) is 11.3 Å². The van der Waals surface area contributed by atoms with E-state index in [4.69, 9.17) is 9.84 Å². The molecule has 1 heterocycles. The fourth-order valence-electron chi connectivity index (χ4n) is 1.24. The van der Waals surface area contributed by atoms with Gasteiger partial charge >= 0.3 is 0 Å². The largest absolute Gasteiger partial charge is 0.447 e. The first-order valence-corrected chi connectivity index (χ1v) is 5.58. The van der Waals surface area contributed by atoms with Crippen LogP contribution in [0.1, 0.15) is 11.1 Å². The Balaban J connectivity index is 2.11. The zero-order chi connectivity index (χ0) is 10.7. The normalized spacial score (nSPS) is 10.3. The Morgan fingerprint density at radius 2 is 2.00 bits per heavy atom. The van der Waals surface area contributed by atoms with Gasteiger partial charge in [0.15, 0.2) is 5.06 Å². The summed E-state index contributed by atoms with van der Waals surface area (Å²) in [6, 6.07) is 9.44. The Kier molecular flexibility index (Phi) is 3.04. The monoisotopic (exact) mass is 220 g/mol. The molecule has 15 heavy (non-hydrogen) atoms. The van der Waals surface area contributed by atoms with Crippen LogP contribution in [0.15, 0.2) is 35.7 Å². The Labute approximate surface area is 92.8 Å². The molecule has 0 saturated carbocycles. The van der Waals surface area contributed by atoms with Crippen LogP contribution in [0.4, 0.5) is 0 Å². The van der Waals surface area contributed by atoms with Crippen molar-refractivity contribution in [1.29, 1.82) is 0 Å². The summed E-state index contributed by atoms with van der Waals surface area (Å²) < 4.78 is 5.64. The quantitative estimate of drug-likeness (QED) is 0.859. The van der Waals surface area contributed by atoms with Crippen molar-refractivity contribution in [3.8, 4) is 10.8 Å². The van der Waals surface area contributed by atoms with E-state index in [-0.39, 0.29) is 6.61 Å². The lowest BCUT2D eigenvalue weighted by Crippen LogP contribution is -1.84. The Morgan fingerprint density at radius 3 is 2.53 bits per heavy atom. The molecule has 0 radical (unpaired) electrons. The van der Waals surface area contributed by atoms with Gasteiger partial charge in [-0.25, -0.2) is 0 Å². The van der Waals surface area contributed by atoms with Crippen molar-refractivity contribution in [3.63, 3.8) is 0 Å². The molecule has 0 bridgehead atoms. The van der Waals surface area contributed by atoms with Gasteiger partial charge in [0.25, 0.3) is 0 Å². The van der Waals surface area contributed by atoms with Crippen LogP contribution in [0, 0.1) is 6.92 Å². The van der Waals surface area contributed by atoms with E-state index in [2.05, 4.69) is 5.38 Å². The highest BCUT2D eigenvalue weighted by atomic mass is 32.1. The van der Waals surface area contributed by atoms with E-state index in [1.807, 2.05) is 37.3 Å². The summed E-state index contributed by atoms with van der Waals surface area (Å²) in [6.45, 7) is 2.11. The van der Waals surface area contributed by atoms with Crippen LogP contribution in [-0.2, 0) is 6.61 Å². The predicted octanol–water partition coefficient (Wildman–Crippen LogP) is 3.34. The van der Waals surface area contributed by atoms with E-state index < -0.39 is 0 Å². The summed E-state index contributed by atoms with van der Waals surface area (Å²) in [5.74, 6) is 0.800. The molecule has 1 aromatic heterocycles. The topological polar surface area (TPSA) is 29.5 Å². The number of ether oxygens (including phenoxy) is 1. The van der Waals surface area contributed by atoms with E-state index in [1.165, 1.54) is 5.56 Å². The molecule has 3 heteroatoms. The third-order valence-corrected chi connectivity index (χ3v) is 2.95. The van der Waals surface area contributed by atoms with Crippen molar-refractivity contribution in [2.75, 3.05) is 0 Å². The molecule has 0 unspecified atom stereocenters. The Bertz CT molecular complexity index is 431. The zero-order valence-electron chi connectivity index (χ0n) is 8.43. The van der Waals surface area contributed by atoms with Gasteiger partial charge in [0.05, 0.1) is 6.61 Å². The van der Waals surface area contributed by atoms with Gasteiger partial charge in [0.2, 0.25) is 0 Å². The van der Waals surface area contributed by atoms with E-state index in [0.717, 1.165) is 16.4 Å². The molecule has 0 fully saturated rings. The summed E-state index contributed by atoms with van der Waals surface area (Å²) >= 11 is 1.58. The number of aliphatic hydroxyl groups excluding tert-OH is 1. The SMILES string of the molecule is Cc1csc(Oc2ccc(CO)cc2)c1. The first-order valence-electron chi connectivity index (χ1n) is 4.71. The summed E-state index contributed by atoms with van der Waals surface area (Å²) in [7, 11) is 0. The van der Waals surface area contributed by atoms with Crippen molar-refractivity contribution in [1.82, 2.24) is 0 Å². The lowest BCUT2D eigenvalue weighted by Gasteiger charge is -2.02. The maximum Gasteiger partial charge on any atom is 0.181 e. The molecule has 2 aromatic rings. The zero-order valence-corrected chi connectivity index (χ0v) is 9.25. The van der Waals surface area contributed by atoms with Gasteiger partial charge < -0.3 is 9.84 Å². The number of hydrogen-bond acceptors (Lipinski definition) is 3. The average molecular weight is 220 g/mol. The molecule has 1 aromatic carbocycles. The Hall–Kier alpha value is -1.32. The molecule has 0 saturated heterocycles. The van der Waals surface area contributed by atoms with Gasteiger partial charge in [-0.2, -0.15) is 0 Å². The minimum absolute atomic E-state index is 0.0678. The Morgan fingerprint density at radius 1 is 1.27 bits per heavy atom. The molecule has 78 valence electrons. The third-order valence-electron chi connectivity index (χ3n) is 2.03. The first-order chi connectivity index (χ1) is 7.28. The molecule has 0 aliphatic heterocycles. The lowest BCUT2D eigenvalue weighted by atomic mass is 10.2. The summed E-state index contributed by atoms with van der Waals surface area (Å²) in [4.78, 5) is 0. The second kappa shape index (κ2) is 4.47. The highest BCUT2D eigenvalue weighted by molar-refractivity contribution is 7.12. The molecule has 2 nitrogen and oxygen atoms in total.